The van der Waals surface area contributed by atoms with Gasteiger partial charge in [0.1, 0.15) is 5.82 Å². The average molecular weight is 247 g/mol. The molecule has 2 rings (SSSR count). The number of nitrogens with one attached hydrogen (secondary N) is 1. The fraction of sp³-hybridized carbons (Fsp3) is 0.667. The fourth-order valence-electron chi connectivity index (χ4n) is 2.85. The third-order valence-corrected chi connectivity index (χ3v) is 3.61. The smallest absolute Gasteiger partial charge is 0.128 e. The first kappa shape index (κ1) is 13.3. The van der Waals surface area contributed by atoms with Gasteiger partial charge in [-0.3, -0.25) is 0 Å². The molecule has 1 aliphatic heterocycles. The summed E-state index contributed by atoms with van der Waals surface area (Å²) in [5.74, 6) is 1.08. The van der Waals surface area contributed by atoms with E-state index in [1.54, 1.807) is 0 Å². The molecule has 3 nitrogen and oxygen atoms in total. The molecule has 100 valence electrons. The molecule has 0 bridgehead atoms. The van der Waals surface area contributed by atoms with Crippen LogP contribution in [-0.4, -0.2) is 23.6 Å². The molecule has 1 aliphatic rings. The fourth-order valence-corrected chi connectivity index (χ4v) is 2.85. The van der Waals surface area contributed by atoms with Gasteiger partial charge in [0.25, 0.3) is 0 Å². The molecule has 0 saturated carbocycles. The zero-order valence-electron chi connectivity index (χ0n) is 12.0. The predicted octanol–water partition coefficient (Wildman–Crippen LogP) is 3.13. The molecule has 0 spiro atoms. The first-order valence-corrected chi connectivity index (χ1v) is 7.07. The molecule has 1 saturated heterocycles. The predicted molar refractivity (Wildman–Crippen MR) is 77.0 cm³/mol. The molecule has 0 aromatic carbocycles. The summed E-state index contributed by atoms with van der Waals surface area (Å²) in [5.41, 5.74) is 1.32. The van der Waals surface area contributed by atoms with Crippen LogP contribution in [0.25, 0.3) is 0 Å². The molecule has 2 heterocycles. The van der Waals surface area contributed by atoms with Crippen LogP contribution in [0.3, 0.4) is 0 Å². The minimum atomic E-state index is 0.480. The Morgan fingerprint density at radius 2 is 1.94 bits per heavy atom. The summed E-state index contributed by atoms with van der Waals surface area (Å²) in [4.78, 5) is 7.01. The zero-order chi connectivity index (χ0) is 13.1. The van der Waals surface area contributed by atoms with Crippen molar-refractivity contribution in [3.05, 3.63) is 23.9 Å². The van der Waals surface area contributed by atoms with Crippen molar-refractivity contribution in [2.24, 2.45) is 0 Å². The minimum Gasteiger partial charge on any atom is -0.352 e. The number of rotatable bonds is 4. The van der Waals surface area contributed by atoms with E-state index < -0.39 is 0 Å². The normalized spacial score (nSPS) is 19.8. The minimum absolute atomic E-state index is 0.480. The number of aromatic nitrogens is 1. The van der Waals surface area contributed by atoms with Crippen molar-refractivity contribution in [3.63, 3.8) is 0 Å². The van der Waals surface area contributed by atoms with E-state index in [1.807, 2.05) is 6.20 Å². The molecule has 1 fully saturated rings. The maximum atomic E-state index is 4.65. The van der Waals surface area contributed by atoms with E-state index in [1.165, 1.54) is 18.4 Å². The summed E-state index contributed by atoms with van der Waals surface area (Å²) in [6, 6.07) is 5.86. The highest BCUT2D eigenvalue weighted by molar-refractivity contribution is 5.41. The van der Waals surface area contributed by atoms with Gasteiger partial charge >= 0.3 is 0 Å². The molecular formula is C15H25N3. The highest BCUT2D eigenvalue weighted by Crippen LogP contribution is 2.24. The van der Waals surface area contributed by atoms with Gasteiger partial charge in [0, 0.05) is 24.3 Å². The van der Waals surface area contributed by atoms with Gasteiger partial charge in [-0.05, 0) is 58.7 Å². The van der Waals surface area contributed by atoms with E-state index in [0.717, 1.165) is 12.4 Å². The van der Waals surface area contributed by atoms with E-state index >= 15 is 0 Å². The maximum Gasteiger partial charge on any atom is 0.128 e. The van der Waals surface area contributed by atoms with Crippen LogP contribution in [0.2, 0.25) is 0 Å². The van der Waals surface area contributed by atoms with Crippen LogP contribution in [-0.2, 0) is 0 Å². The molecule has 0 amide bonds. The van der Waals surface area contributed by atoms with E-state index in [0.29, 0.717) is 18.1 Å². The van der Waals surface area contributed by atoms with Gasteiger partial charge in [-0.1, -0.05) is 6.07 Å². The third-order valence-electron chi connectivity index (χ3n) is 3.61. The van der Waals surface area contributed by atoms with Gasteiger partial charge < -0.3 is 10.2 Å². The molecule has 3 heteroatoms. The van der Waals surface area contributed by atoms with Crippen LogP contribution >= 0.6 is 0 Å². The number of anilines is 1. The van der Waals surface area contributed by atoms with E-state index in [4.69, 9.17) is 0 Å². The number of hydrogen-bond donors (Lipinski definition) is 1. The van der Waals surface area contributed by atoms with Crippen molar-refractivity contribution >= 4 is 5.82 Å². The van der Waals surface area contributed by atoms with Crippen LogP contribution in [0.15, 0.2) is 18.3 Å². The monoisotopic (exact) mass is 247 g/mol. The van der Waals surface area contributed by atoms with E-state index in [2.05, 4.69) is 55.0 Å². The quantitative estimate of drug-likeness (QED) is 0.886. The van der Waals surface area contributed by atoms with Crippen molar-refractivity contribution in [1.29, 1.82) is 0 Å². The van der Waals surface area contributed by atoms with Gasteiger partial charge in [0.15, 0.2) is 0 Å². The topological polar surface area (TPSA) is 28.2 Å². The van der Waals surface area contributed by atoms with Crippen molar-refractivity contribution in [2.45, 2.75) is 58.7 Å². The summed E-state index contributed by atoms with van der Waals surface area (Å²) in [5, 5.41) is 3.51. The van der Waals surface area contributed by atoms with Crippen LogP contribution in [0.5, 0.6) is 0 Å². The molecule has 1 N–H and O–H groups in total. The molecule has 1 aromatic heterocycles. The largest absolute Gasteiger partial charge is 0.352 e. The molecule has 0 radical (unpaired) electrons. The Balaban J connectivity index is 2.15. The first-order valence-electron chi connectivity index (χ1n) is 7.07. The second kappa shape index (κ2) is 5.70. The second-order valence-corrected chi connectivity index (χ2v) is 5.69. The van der Waals surface area contributed by atoms with Gasteiger partial charge in [-0.15, -0.1) is 0 Å². The van der Waals surface area contributed by atoms with Crippen molar-refractivity contribution < 1.29 is 0 Å². The molecule has 18 heavy (non-hydrogen) atoms. The zero-order valence-corrected chi connectivity index (χ0v) is 12.0. The molecule has 0 aliphatic carbocycles. The lowest BCUT2D eigenvalue weighted by atomic mass is 10.1. The summed E-state index contributed by atoms with van der Waals surface area (Å²) < 4.78 is 0. The number of nitrogens with zero attached hydrogens (tertiary/aromatic N) is 2. The van der Waals surface area contributed by atoms with Gasteiger partial charge in [0.05, 0.1) is 0 Å². The summed E-state index contributed by atoms with van der Waals surface area (Å²) in [6.45, 7) is 10.0. The Morgan fingerprint density at radius 3 is 2.39 bits per heavy atom. The lowest BCUT2D eigenvalue weighted by molar-refractivity contribution is 0.598. The van der Waals surface area contributed by atoms with Crippen LogP contribution in [0.4, 0.5) is 5.82 Å². The number of hydrogen-bond acceptors (Lipinski definition) is 3. The Labute approximate surface area is 111 Å². The molecule has 1 atom stereocenters. The number of pyridine rings is 1. The molecular weight excluding hydrogens is 222 g/mol. The maximum absolute atomic E-state index is 4.65. The Bertz CT molecular complexity index is 356. The summed E-state index contributed by atoms with van der Waals surface area (Å²) >= 11 is 0. The Morgan fingerprint density at radius 1 is 1.22 bits per heavy atom. The Hall–Kier alpha value is -1.09. The van der Waals surface area contributed by atoms with Crippen molar-refractivity contribution in [3.8, 4) is 0 Å². The SMILES string of the molecule is CC(C)N(c1ccc([C@@H]2CCCN2)cn1)C(C)C. The van der Waals surface area contributed by atoms with Crippen LogP contribution < -0.4 is 10.2 Å². The Kier molecular flexibility index (Phi) is 4.23. The molecule has 0 unspecified atom stereocenters. The second-order valence-electron chi connectivity index (χ2n) is 5.69. The highest BCUT2D eigenvalue weighted by atomic mass is 15.2. The van der Waals surface area contributed by atoms with Crippen LogP contribution in [0, 0.1) is 0 Å². The summed E-state index contributed by atoms with van der Waals surface area (Å²) in [7, 11) is 0. The molecule has 1 aromatic rings. The lowest BCUT2D eigenvalue weighted by Crippen LogP contribution is -2.37. The summed E-state index contributed by atoms with van der Waals surface area (Å²) in [6.07, 6.45) is 4.55. The third kappa shape index (κ3) is 2.83. The van der Waals surface area contributed by atoms with Gasteiger partial charge in [0.2, 0.25) is 0 Å². The average Bonchev–Trinajstić information content (AvgIpc) is 2.82. The lowest BCUT2D eigenvalue weighted by Gasteiger charge is -2.32. The van der Waals surface area contributed by atoms with Gasteiger partial charge in [-0.25, -0.2) is 4.98 Å². The van der Waals surface area contributed by atoms with E-state index in [-0.39, 0.29) is 0 Å². The highest BCUT2D eigenvalue weighted by Gasteiger charge is 2.18. The van der Waals surface area contributed by atoms with E-state index in [9.17, 15) is 0 Å². The van der Waals surface area contributed by atoms with Crippen molar-refractivity contribution in [2.75, 3.05) is 11.4 Å². The van der Waals surface area contributed by atoms with Crippen LogP contribution in [0.1, 0.15) is 52.1 Å². The van der Waals surface area contributed by atoms with Gasteiger partial charge in [-0.2, -0.15) is 0 Å². The van der Waals surface area contributed by atoms with Crippen molar-refractivity contribution in [1.82, 2.24) is 10.3 Å². The standard InChI is InChI=1S/C15H25N3/c1-11(2)18(12(3)4)15-8-7-13(10-17-15)14-6-5-9-16-14/h7-8,10-12,14,16H,5-6,9H2,1-4H3/t14-/m0/s1. The first-order chi connectivity index (χ1) is 8.59.